The number of carbonyl (C=O) groups is 1. The van der Waals surface area contributed by atoms with Gasteiger partial charge in [0.05, 0.1) is 11.6 Å². The van der Waals surface area contributed by atoms with E-state index in [4.69, 9.17) is 4.74 Å². The zero-order valence-corrected chi connectivity index (χ0v) is 11.8. The smallest absolute Gasteiger partial charge is 0.237 e. The summed E-state index contributed by atoms with van der Waals surface area (Å²) in [7, 11) is 0. The van der Waals surface area contributed by atoms with Gasteiger partial charge in [-0.15, -0.1) is 0 Å². The van der Waals surface area contributed by atoms with Crippen molar-refractivity contribution >= 4 is 5.91 Å². The Labute approximate surface area is 110 Å². The Morgan fingerprint density at radius 2 is 2.11 bits per heavy atom. The molecule has 0 aromatic carbocycles. The second kappa shape index (κ2) is 5.57. The van der Waals surface area contributed by atoms with Gasteiger partial charge in [-0.25, -0.2) is 0 Å². The molecule has 2 rings (SSSR count). The molecule has 4 heteroatoms. The van der Waals surface area contributed by atoms with Crippen molar-refractivity contribution in [2.75, 3.05) is 6.61 Å². The molecule has 1 saturated heterocycles. The molecule has 1 heterocycles. The third-order valence-electron chi connectivity index (χ3n) is 4.15. The van der Waals surface area contributed by atoms with Crippen molar-refractivity contribution in [3.05, 3.63) is 0 Å². The Kier molecular flexibility index (Phi) is 4.28. The van der Waals surface area contributed by atoms with Gasteiger partial charge in [0.15, 0.2) is 0 Å². The van der Waals surface area contributed by atoms with Crippen molar-refractivity contribution in [1.82, 2.24) is 10.6 Å². The molecule has 0 spiro atoms. The zero-order valence-electron chi connectivity index (χ0n) is 11.8. The molecule has 104 valence electrons. The van der Waals surface area contributed by atoms with Gasteiger partial charge < -0.3 is 15.4 Å². The lowest BCUT2D eigenvalue weighted by molar-refractivity contribution is -0.124. The van der Waals surface area contributed by atoms with Crippen LogP contribution < -0.4 is 10.6 Å². The summed E-state index contributed by atoms with van der Waals surface area (Å²) in [4.78, 5) is 11.9. The molecule has 4 nitrogen and oxygen atoms in total. The summed E-state index contributed by atoms with van der Waals surface area (Å²) < 4.78 is 5.82. The predicted octanol–water partition coefficient (Wildman–Crippen LogP) is 1.59. The molecule has 1 saturated carbocycles. The van der Waals surface area contributed by atoms with Crippen molar-refractivity contribution in [2.24, 2.45) is 0 Å². The largest absolute Gasteiger partial charge is 0.375 e. The highest BCUT2D eigenvalue weighted by Gasteiger charge is 2.33. The van der Waals surface area contributed by atoms with Gasteiger partial charge in [0.25, 0.3) is 0 Å². The van der Waals surface area contributed by atoms with E-state index in [0.29, 0.717) is 12.1 Å². The van der Waals surface area contributed by atoms with E-state index in [9.17, 15) is 4.79 Å². The molecule has 0 bridgehead atoms. The van der Waals surface area contributed by atoms with Crippen molar-refractivity contribution in [3.63, 3.8) is 0 Å². The molecule has 18 heavy (non-hydrogen) atoms. The summed E-state index contributed by atoms with van der Waals surface area (Å²) >= 11 is 0. The van der Waals surface area contributed by atoms with E-state index in [-0.39, 0.29) is 17.6 Å². The van der Waals surface area contributed by atoms with Crippen LogP contribution in [-0.2, 0) is 9.53 Å². The first-order chi connectivity index (χ1) is 8.52. The number of hydrogen-bond donors (Lipinski definition) is 2. The summed E-state index contributed by atoms with van der Waals surface area (Å²) in [5.74, 6) is 0.141. The Morgan fingerprint density at radius 1 is 1.39 bits per heavy atom. The lowest BCUT2D eigenvalue weighted by atomic mass is 9.89. The fraction of sp³-hybridized carbons (Fsp3) is 0.929. The fourth-order valence-corrected chi connectivity index (χ4v) is 2.50. The average Bonchev–Trinajstić information content (AvgIpc) is 3.13. The number of rotatable bonds is 5. The minimum absolute atomic E-state index is 0.0252. The van der Waals surface area contributed by atoms with Crippen LogP contribution in [0.2, 0.25) is 0 Å². The number of carbonyl (C=O) groups excluding carboxylic acids is 1. The topological polar surface area (TPSA) is 50.4 Å². The minimum Gasteiger partial charge on any atom is -0.375 e. The summed E-state index contributed by atoms with van der Waals surface area (Å²) in [5, 5.41) is 6.49. The Bertz CT molecular complexity index is 304. The summed E-state index contributed by atoms with van der Waals surface area (Å²) in [6.07, 6.45) is 5.29. The van der Waals surface area contributed by atoms with Gasteiger partial charge >= 0.3 is 0 Å². The van der Waals surface area contributed by atoms with Crippen LogP contribution in [0, 0.1) is 0 Å². The highest BCUT2D eigenvalue weighted by molar-refractivity contribution is 5.81. The lowest BCUT2D eigenvalue weighted by Gasteiger charge is -2.39. The first kappa shape index (κ1) is 13.8. The van der Waals surface area contributed by atoms with Crippen molar-refractivity contribution in [1.29, 1.82) is 0 Å². The summed E-state index contributed by atoms with van der Waals surface area (Å²) in [5.41, 5.74) is -0.0252. The first-order valence-corrected chi connectivity index (χ1v) is 7.23. The van der Waals surface area contributed by atoms with E-state index < -0.39 is 0 Å². The molecule has 2 fully saturated rings. The van der Waals surface area contributed by atoms with E-state index in [1.807, 2.05) is 6.92 Å². The fourth-order valence-electron chi connectivity index (χ4n) is 2.50. The van der Waals surface area contributed by atoms with Crippen molar-refractivity contribution < 1.29 is 9.53 Å². The highest BCUT2D eigenvalue weighted by Crippen LogP contribution is 2.28. The van der Waals surface area contributed by atoms with Crippen molar-refractivity contribution in [3.8, 4) is 0 Å². The van der Waals surface area contributed by atoms with Crippen LogP contribution in [0.25, 0.3) is 0 Å². The molecular formula is C14H26N2O2. The standard InChI is InChI=1S/C14H26N2O2/c1-4-14(3)9-12(7-8-18-14)15-10(2)13(17)16-11-5-6-11/h10-12,15H,4-9H2,1-3H3,(H,16,17). The van der Waals surface area contributed by atoms with Crippen LogP contribution >= 0.6 is 0 Å². The van der Waals surface area contributed by atoms with Crippen LogP contribution in [0.15, 0.2) is 0 Å². The van der Waals surface area contributed by atoms with Crippen LogP contribution in [0.1, 0.15) is 52.9 Å². The third-order valence-corrected chi connectivity index (χ3v) is 4.15. The first-order valence-electron chi connectivity index (χ1n) is 7.23. The highest BCUT2D eigenvalue weighted by atomic mass is 16.5. The molecule has 2 N–H and O–H groups in total. The van der Waals surface area contributed by atoms with E-state index in [2.05, 4.69) is 24.5 Å². The van der Waals surface area contributed by atoms with Gasteiger partial charge in [-0.3, -0.25) is 4.79 Å². The normalized spacial score (nSPS) is 34.1. The molecule has 3 atom stereocenters. The molecule has 0 radical (unpaired) electrons. The van der Waals surface area contributed by atoms with E-state index in [1.54, 1.807) is 0 Å². The maximum absolute atomic E-state index is 11.9. The average molecular weight is 254 g/mol. The number of nitrogens with one attached hydrogen (secondary N) is 2. The van der Waals surface area contributed by atoms with Gasteiger partial charge in [0, 0.05) is 18.7 Å². The zero-order chi connectivity index (χ0) is 13.2. The van der Waals surface area contributed by atoms with Gasteiger partial charge in [-0.2, -0.15) is 0 Å². The monoisotopic (exact) mass is 254 g/mol. The molecule has 1 aliphatic carbocycles. The lowest BCUT2D eigenvalue weighted by Crippen LogP contribution is -2.52. The minimum atomic E-state index is -0.102. The molecule has 0 aromatic rings. The number of ether oxygens (including phenoxy) is 1. The summed E-state index contributed by atoms with van der Waals surface area (Å²) in [6, 6.07) is 0.732. The maximum Gasteiger partial charge on any atom is 0.237 e. The SMILES string of the molecule is CCC1(C)CC(NC(C)C(=O)NC2CC2)CCO1. The van der Waals surface area contributed by atoms with Crippen LogP contribution in [0.3, 0.4) is 0 Å². The quantitative estimate of drug-likeness (QED) is 0.783. The van der Waals surface area contributed by atoms with Crippen molar-refractivity contribution in [2.45, 2.75) is 76.6 Å². The van der Waals surface area contributed by atoms with Gasteiger partial charge in [0.1, 0.15) is 0 Å². The van der Waals surface area contributed by atoms with Crippen LogP contribution in [0.4, 0.5) is 0 Å². The predicted molar refractivity (Wildman–Crippen MR) is 71.4 cm³/mol. The molecule has 0 aromatic heterocycles. The Balaban J connectivity index is 1.78. The number of amides is 1. The molecular weight excluding hydrogens is 228 g/mol. The maximum atomic E-state index is 11.9. The second-order valence-electron chi connectivity index (χ2n) is 6.01. The Morgan fingerprint density at radius 3 is 2.72 bits per heavy atom. The summed E-state index contributed by atoms with van der Waals surface area (Å²) in [6.45, 7) is 7.07. The molecule has 1 aliphatic heterocycles. The third kappa shape index (κ3) is 3.69. The van der Waals surface area contributed by atoms with E-state index >= 15 is 0 Å². The van der Waals surface area contributed by atoms with E-state index in [1.165, 1.54) is 0 Å². The van der Waals surface area contributed by atoms with Gasteiger partial charge in [0.2, 0.25) is 5.91 Å². The van der Waals surface area contributed by atoms with E-state index in [0.717, 1.165) is 38.7 Å². The number of hydrogen-bond acceptors (Lipinski definition) is 3. The molecule has 1 amide bonds. The van der Waals surface area contributed by atoms with Crippen LogP contribution in [0.5, 0.6) is 0 Å². The van der Waals surface area contributed by atoms with Crippen LogP contribution in [-0.4, -0.2) is 36.2 Å². The van der Waals surface area contributed by atoms with Gasteiger partial charge in [-0.1, -0.05) is 6.92 Å². The second-order valence-corrected chi connectivity index (χ2v) is 6.01. The molecule has 2 aliphatic rings. The Hall–Kier alpha value is -0.610. The van der Waals surface area contributed by atoms with Gasteiger partial charge in [-0.05, 0) is 46.0 Å². The molecule has 3 unspecified atom stereocenters.